The normalized spacial score (nSPS) is 34.0. The van der Waals surface area contributed by atoms with Crippen LogP contribution in [-0.2, 0) is 9.47 Å². The zero-order valence-corrected chi connectivity index (χ0v) is 11.2. The van der Waals surface area contributed by atoms with Crippen LogP contribution >= 0.6 is 0 Å². The molecule has 1 unspecified atom stereocenters. The van der Waals surface area contributed by atoms with Crippen molar-refractivity contribution in [1.82, 2.24) is 0 Å². The van der Waals surface area contributed by atoms with Gasteiger partial charge in [-0.05, 0) is 25.0 Å². The van der Waals surface area contributed by atoms with Crippen molar-refractivity contribution < 1.29 is 19.0 Å². The number of benzene rings is 1. The Morgan fingerprint density at radius 1 is 1.15 bits per heavy atom. The van der Waals surface area contributed by atoms with Crippen LogP contribution in [0.2, 0.25) is 0 Å². The molecule has 1 atom stereocenters. The molecule has 1 N–H and O–H groups in total. The second-order valence-electron chi connectivity index (χ2n) is 5.75. The first-order valence-electron chi connectivity index (χ1n) is 7.22. The topological polar surface area (TPSA) is 51.8 Å². The minimum absolute atomic E-state index is 0.141. The standard InChI is InChI=1S/C16H18O4/c17-12-5-7-16(8-6-12)18-10-15(20-16)14-9-11-3-1-2-4-13(11)19-14/h1-4,9,12,15,17H,5-8,10H2. The van der Waals surface area contributed by atoms with Crippen LogP contribution in [0.15, 0.2) is 34.7 Å². The Morgan fingerprint density at radius 2 is 1.95 bits per heavy atom. The third kappa shape index (κ3) is 2.04. The fourth-order valence-corrected chi connectivity index (χ4v) is 3.16. The highest BCUT2D eigenvalue weighted by atomic mass is 16.7. The fourth-order valence-electron chi connectivity index (χ4n) is 3.16. The fraction of sp³-hybridized carbons (Fsp3) is 0.500. The number of hydrogen-bond donors (Lipinski definition) is 1. The van der Waals surface area contributed by atoms with E-state index < -0.39 is 5.79 Å². The Labute approximate surface area is 117 Å². The van der Waals surface area contributed by atoms with Crippen LogP contribution in [0.3, 0.4) is 0 Å². The number of hydrogen-bond acceptors (Lipinski definition) is 4. The summed E-state index contributed by atoms with van der Waals surface area (Å²) in [5, 5.41) is 10.7. The predicted molar refractivity (Wildman–Crippen MR) is 73.2 cm³/mol. The van der Waals surface area contributed by atoms with Gasteiger partial charge in [-0.3, -0.25) is 0 Å². The molecule has 4 heteroatoms. The molecule has 0 bridgehead atoms. The lowest BCUT2D eigenvalue weighted by Gasteiger charge is -2.33. The average Bonchev–Trinajstić information content (AvgIpc) is 3.07. The summed E-state index contributed by atoms with van der Waals surface area (Å²) in [5.41, 5.74) is 0.881. The van der Waals surface area contributed by atoms with Gasteiger partial charge >= 0.3 is 0 Å². The zero-order chi connectivity index (χ0) is 13.6. The Hall–Kier alpha value is -1.36. The number of ether oxygens (including phenoxy) is 2. The summed E-state index contributed by atoms with van der Waals surface area (Å²) < 4.78 is 17.9. The van der Waals surface area contributed by atoms with Gasteiger partial charge in [-0.25, -0.2) is 0 Å². The minimum atomic E-state index is -0.511. The third-order valence-electron chi connectivity index (χ3n) is 4.33. The summed E-state index contributed by atoms with van der Waals surface area (Å²) in [6.07, 6.45) is 2.64. The van der Waals surface area contributed by atoms with E-state index in [1.165, 1.54) is 0 Å². The molecule has 2 aromatic rings. The summed E-state index contributed by atoms with van der Waals surface area (Å²) in [7, 11) is 0. The Balaban J connectivity index is 1.55. The number of furan rings is 1. The smallest absolute Gasteiger partial charge is 0.169 e. The van der Waals surface area contributed by atoms with Gasteiger partial charge in [-0.1, -0.05) is 18.2 Å². The lowest BCUT2D eigenvalue weighted by molar-refractivity contribution is -0.199. The van der Waals surface area contributed by atoms with E-state index in [1.54, 1.807) is 0 Å². The molecule has 0 radical (unpaired) electrons. The molecule has 1 spiro atoms. The molecular weight excluding hydrogens is 256 g/mol. The van der Waals surface area contributed by atoms with Crippen LogP contribution in [0.5, 0.6) is 0 Å². The van der Waals surface area contributed by atoms with Crippen LogP contribution in [-0.4, -0.2) is 23.6 Å². The molecule has 4 rings (SSSR count). The van der Waals surface area contributed by atoms with Crippen molar-refractivity contribution in [3.63, 3.8) is 0 Å². The molecule has 1 saturated carbocycles. The highest BCUT2D eigenvalue weighted by Crippen LogP contribution is 2.43. The van der Waals surface area contributed by atoms with E-state index in [1.807, 2.05) is 30.3 Å². The van der Waals surface area contributed by atoms with Gasteiger partial charge < -0.3 is 19.0 Å². The van der Waals surface area contributed by atoms with Crippen molar-refractivity contribution in [2.45, 2.75) is 43.7 Å². The van der Waals surface area contributed by atoms with Gasteiger partial charge in [-0.2, -0.15) is 0 Å². The van der Waals surface area contributed by atoms with E-state index >= 15 is 0 Å². The number of rotatable bonds is 1. The molecule has 1 aromatic carbocycles. The van der Waals surface area contributed by atoms with Crippen molar-refractivity contribution in [3.8, 4) is 0 Å². The largest absolute Gasteiger partial charge is 0.458 e. The lowest BCUT2D eigenvalue weighted by Crippen LogP contribution is -2.36. The summed E-state index contributed by atoms with van der Waals surface area (Å²) in [6, 6.07) is 9.98. The van der Waals surface area contributed by atoms with Crippen LogP contribution in [0.25, 0.3) is 11.0 Å². The molecule has 2 aliphatic rings. The van der Waals surface area contributed by atoms with Crippen LogP contribution in [0.4, 0.5) is 0 Å². The summed E-state index contributed by atoms with van der Waals surface area (Å²) >= 11 is 0. The van der Waals surface area contributed by atoms with Crippen molar-refractivity contribution in [3.05, 3.63) is 36.1 Å². The molecule has 2 heterocycles. The predicted octanol–water partition coefficient (Wildman–Crippen LogP) is 3.15. The van der Waals surface area contributed by atoms with Crippen molar-refractivity contribution in [1.29, 1.82) is 0 Å². The maximum absolute atomic E-state index is 9.60. The SMILES string of the molecule is OC1CCC2(CC1)OCC(c1cc3ccccc3o1)O2. The van der Waals surface area contributed by atoms with Gasteiger partial charge in [0.2, 0.25) is 0 Å². The number of fused-ring (bicyclic) bond motifs is 1. The average molecular weight is 274 g/mol. The zero-order valence-electron chi connectivity index (χ0n) is 11.2. The van der Waals surface area contributed by atoms with Crippen molar-refractivity contribution in [2.75, 3.05) is 6.61 Å². The van der Waals surface area contributed by atoms with Gasteiger partial charge in [0.15, 0.2) is 5.79 Å². The first-order chi connectivity index (χ1) is 9.74. The number of aliphatic hydroxyl groups is 1. The third-order valence-corrected chi connectivity index (χ3v) is 4.33. The molecule has 106 valence electrons. The van der Waals surface area contributed by atoms with E-state index in [0.717, 1.165) is 42.4 Å². The first-order valence-corrected chi connectivity index (χ1v) is 7.22. The van der Waals surface area contributed by atoms with E-state index in [2.05, 4.69) is 0 Å². The van der Waals surface area contributed by atoms with Gasteiger partial charge in [0.1, 0.15) is 17.4 Å². The van der Waals surface area contributed by atoms with Crippen LogP contribution in [0.1, 0.15) is 37.5 Å². The number of aliphatic hydroxyl groups excluding tert-OH is 1. The van der Waals surface area contributed by atoms with E-state index in [-0.39, 0.29) is 12.2 Å². The second-order valence-corrected chi connectivity index (χ2v) is 5.75. The molecule has 2 fully saturated rings. The maximum Gasteiger partial charge on any atom is 0.169 e. The monoisotopic (exact) mass is 274 g/mol. The van der Waals surface area contributed by atoms with Crippen LogP contribution in [0, 0.1) is 0 Å². The molecule has 1 aromatic heterocycles. The van der Waals surface area contributed by atoms with Crippen LogP contribution < -0.4 is 0 Å². The molecule has 4 nitrogen and oxygen atoms in total. The molecular formula is C16H18O4. The van der Waals surface area contributed by atoms with E-state index in [4.69, 9.17) is 13.9 Å². The van der Waals surface area contributed by atoms with Gasteiger partial charge in [0, 0.05) is 18.2 Å². The molecule has 1 aliphatic carbocycles. The quantitative estimate of drug-likeness (QED) is 0.868. The lowest BCUT2D eigenvalue weighted by atomic mass is 9.92. The van der Waals surface area contributed by atoms with Crippen molar-refractivity contribution in [2.24, 2.45) is 0 Å². The maximum atomic E-state index is 9.60. The first kappa shape index (κ1) is 12.4. The Kier molecular flexibility index (Phi) is 2.84. The molecule has 1 saturated heterocycles. The summed E-state index contributed by atoms with van der Waals surface area (Å²) in [4.78, 5) is 0. The summed E-state index contributed by atoms with van der Waals surface area (Å²) in [6.45, 7) is 0.524. The number of para-hydroxylation sites is 1. The minimum Gasteiger partial charge on any atom is -0.458 e. The summed E-state index contributed by atoms with van der Waals surface area (Å²) in [5.74, 6) is 0.317. The Bertz CT molecular complexity index is 577. The van der Waals surface area contributed by atoms with Gasteiger partial charge in [0.25, 0.3) is 0 Å². The molecule has 0 amide bonds. The van der Waals surface area contributed by atoms with E-state index in [9.17, 15) is 5.11 Å². The van der Waals surface area contributed by atoms with E-state index in [0.29, 0.717) is 6.61 Å². The highest BCUT2D eigenvalue weighted by Gasteiger charge is 2.45. The van der Waals surface area contributed by atoms with Gasteiger partial charge in [0.05, 0.1) is 12.7 Å². The van der Waals surface area contributed by atoms with Gasteiger partial charge in [-0.15, -0.1) is 0 Å². The highest BCUT2D eigenvalue weighted by molar-refractivity contribution is 5.77. The second kappa shape index (κ2) is 4.58. The Morgan fingerprint density at radius 3 is 2.75 bits per heavy atom. The molecule has 20 heavy (non-hydrogen) atoms. The van der Waals surface area contributed by atoms with Crippen molar-refractivity contribution >= 4 is 11.0 Å². The molecule has 1 aliphatic heterocycles.